The normalized spacial score (nSPS) is 11.1. The molecule has 0 heterocycles. The standard InChI is InChI=1S/C20H15F3N2O3/c21-20(22,23)16-8-6-7-15(13-16)14-24(28-17-9-2-1-3-10-17)18-11-4-5-12-19(18)25(26)27/h1-13H,14H2. The number of para-hydroxylation sites is 3. The maximum absolute atomic E-state index is 13.0. The summed E-state index contributed by atoms with van der Waals surface area (Å²) < 4.78 is 39.0. The number of hydrogen-bond donors (Lipinski definition) is 0. The third kappa shape index (κ3) is 4.59. The van der Waals surface area contributed by atoms with Crippen LogP contribution >= 0.6 is 0 Å². The van der Waals surface area contributed by atoms with Crippen LogP contribution in [0.5, 0.6) is 5.75 Å². The van der Waals surface area contributed by atoms with Crippen molar-refractivity contribution in [2.45, 2.75) is 12.7 Å². The van der Waals surface area contributed by atoms with Crippen LogP contribution in [0.3, 0.4) is 0 Å². The van der Waals surface area contributed by atoms with Gasteiger partial charge >= 0.3 is 6.18 Å². The highest BCUT2D eigenvalue weighted by Crippen LogP contribution is 2.32. The summed E-state index contributed by atoms with van der Waals surface area (Å²) in [5.74, 6) is 0.396. The van der Waals surface area contributed by atoms with Crippen LogP contribution < -0.4 is 9.90 Å². The largest absolute Gasteiger partial charge is 0.416 e. The van der Waals surface area contributed by atoms with Crippen molar-refractivity contribution < 1.29 is 22.9 Å². The molecule has 3 aromatic carbocycles. The zero-order valence-corrected chi connectivity index (χ0v) is 14.5. The Kier molecular flexibility index (Phi) is 5.49. The van der Waals surface area contributed by atoms with E-state index in [0.717, 1.165) is 12.1 Å². The zero-order valence-electron chi connectivity index (χ0n) is 14.5. The van der Waals surface area contributed by atoms with E-state index in [9.17, 15) is 23.3 Å². The van der Waals surface area contributed by atoms with Crippen molar-refractivity contribution in [2.75, 3.05) is 5.06 Å². The first-order valence-electron chi connectivity index (χ1n) is 8.25. The van der Waals surface area contributed by atoms with Crippen molar-refractivity contribution in [1.29, 1.82) is 0 Å². The van der Waals surface area contributed by atoms with Crippen molar-refractivity contribution in [3.05, 3.63) is 100 Å². The van der Waals surface area contributed by atoms with Gasteiger partial charge in [0.05, 0.1) is 17.0 Å². The predicted molar refractivity (Wildman–Crippen MR) is 97.8 cm³/mol. The Morgan fingerprint density at radius 2 is 1.61 bits per heavy atom. The van der Waals surface area contributed by atoms with Crippen molar-refractivity contribution in [3.63, 3.8) is 0 Å². The van der Waals surface area contributed by atoms with Gasteiger partial charge in [0.15, 0.2) is 11.4 Å². The molecule has 5 nitrogen and oxygen atoms in total. The van der Waals surface area contributed by atoms with Gasteiger partial charge in [0, 0.05) is 6.07 Å². The third-order valence-corrected chi connectivity index (χ3v) is 3.89. The number of benzene rings is 3. The van der Waals surface area contributed by atoms with Gasteiger partial charge in [-0.05, 0) is 35.9 Å². The fraction of sp³-hybridized carbons (Fsp3) is 0.100. The summed E-state index contributed by atoms with van der Waals surface area (Å²) in [7, 11) is 0. The van der Waals surface area contributed by atoms with E-state index in [4.69, 9.17) is 4.84 Å². The number of nitro groups is 1. The Balaban J connectivity index is 1.99. The maximum Gasteiger partial charge on any atom is 0.416 e. The second-order valence-electron chi connectivity index (χ2n) is 5.88. The Labute approximate surface area is 158 Å². The van der Waals surface area contributed by atoms with E-state index in [2.05, 4.69) is 0 Å². The lowest BCUT2D eigenvalue weighted by molar-refractivity contribution is -0.384. The molecule has 0 amide bonds. The summed E-state index contributed by atoms with van der Waals surface area (Å²) >= 11 is 0. The van der Waals surface area contributed by atoms with Gasteiger partial charge in [0.1, 0.15) is 0 Å². The van der Waals surface area contributed by atoms with E-state index in [0.29, 0.717) is 11.3 Å². The number of alkyl halides is 3. The quantitative estimate of drug-likeness (QED) is 0.407. The monoisotopic (exact) mass is 388 g/mol. The summed E-state index contributed by atoms with van der Waals surface area (Å²) in [6.07, 6.45) is -4.49. The molecule has 28 heavy (non-hydrogen) atoms. The van der Waals surface area contributed by atoms with E-state index < -0.39 is 16.7 Å². The number of hydrogen-bond acceptors (Lipinski definition) is 4. The molecule has 3 aromatic rings. The molecule has 0 spiro atoms. The van der Waals surface area contributed by atoms with Gasteiger partial charge < -0.3 is 4.84 Å². The first-order chi connectivity index (χ1) is 13.3. The molecule has 0 unspecified atom stereocenters. The number of rotatable bonds is 6. The molecule has 0 bridgehead atoms. The van der Waals surface area contributed by atoms with E-state index in [-0.39, 0.29) is 17.9 Å². The average molecular weight is 388 g/mol. The molecule has 0 atom stereocenters. The molecular formula is C20H15F3N2O3. The Morgan fingerprint density at radius 1 is 0.929 bits per heavy atom. The Hall–Kier alpha value is -3.55. The number of hydroxylamine groups is 1. The van der Waals surface area contributed by atoms with Gasteiger partial charge in [0.25, 0.3) is 5.69 Å². The minimum Gasteiger partial charge on any atom is -0.379 e. The fourth-order valence-electron chi connectivity index (χ4n) is 2.62. The van der Waals surface area contributed by atoms with E-state index >= 15 is 0 Å². The van der Waals surface area contributed by atoms with Gasteiger partial charge in [-0.3, -0.25) is 10.1 Å². The third-order valence-electron chi connectivity index (χ3n) is 3.89. The molecule has 0 saturated heterocycles. The molecule has 3 rings (SSSR count). The van der Waals surface area contributed by atoms with Crippen molar-refractivity contribution in [1.82, 2.24) is 0 Å². The molecule has 0 aliphatic carbocycles. The molecule has 0 N–H and O–H groups in total. The van der Waals surface area contributed by atoms with E-state index in [1.807, 2.05) is 0 Å². The average Bonchev–Trinajstić information content (AvgIpc) is 2.68. The van der Waals surface area contributed by atoms with Crippen LogP contribution in [-0.2, 0) is 12.7 Å². The number of nitro benzene ring substituents is 1. The smallest absolute Gasteiger partial charge is 0.379 e. The minimum absolute atomic E-state index is 0.121. The molecule has 0 aromatic heterocycles. The molecule has 144 valence electrons. The van der Waals surface area contributed by atoms with Crippen LogP contribution in [0.2, 0.25) is 0 Å². The number of anilines is 1. The Bertz CT molecular complexity index is 962. The van der Waals surface area contributed by atoms with Crippen LogP contribution in [0.15, 0.2) is 78.9 Å². The highest BCUT2D eigenvalue weighted by Gasteiger charge is 2.30. The predicted octanol–water partition coefficient (Wildman–Crippen LogP) is 5.61. The fourth-order valence-corrected chi connectivity index (χ4v) is 2.62. The topological polar surface area (TPSA) is 55.6 Å². The van der Waals surface area contributed by atoms with E-state index in [1.165, 1.54) is 35.4 Å². The molecule has 0 fully saturated rings. The summed E-state index contributed by atoms with van der Waals surface area (Å²) in [5.41, 5.74) is -0.588. The van der Waals surface area contributed by atoms with Crippen LogP contribution in [0, 0.1) is 10.1 Å². The molecule has 0 aliphatic rings. The Morgan fingerprint density at radius 3 is 2.29 bits per heavy atom. The lowest BCUT2D eigenvalue weighted by Gasteiger charge is -2.24. The second-order valence-corrected chi connectivity index (χ2v) is 5.88. The van der Waals surface area contributed by atoms with Gasteiger partial charge in [0.2, 0.25) is 0 Å². The SMILES string of the molecule is O=[N+]([O-])c1ccccc1N(Cc1cccc(C(F)(F)F)c1)Oc1ccccc1. The minimum atomic E-state index is -4.49. The number of nitrogens with zero attached hydrogens (tertiary/aromatic N) is 2. The summed E-state index contributed by atoms with van der Waals surface area (Å²) in [6.45, 7) is -0.121. The molecule has 8 heteroatoms. The van der Waals surface area contributed by atoms with Crippen LogP contribution in [0.4, 0.5) is 24.5 Å². The molecule has 0 radical (unpaired) electrons. The molecular weight excluding hydrogens is 373 g/mol. The van der Waals surface area contributed by atoms with Crippen LogP contribution in [-0.4, -0.2) is 4.92 Å². The van der Waals surface area contributed by atoms with E-state index in [1.54, 1.807) is 36.4 Å². The highest BCUT2D eigenvalue weighted by molar-refractivity contribution is 5.62. The summed E-state index contributed by atoms with van der Waals surface area (Å²) in [6, 6.07) is 19.2. The second kappa shape index (κ2) is 7.99. The van der Waals surface area contributed by atoms with Crippen LogP contribution in [0.25, 0.3) is 0 Å². The molecule has 0 saturated carbocycles. The zero-order chi connectivity index (χ0) is 20.1. The summed E-state index contributed by atoms with van der Waals surface area (Å²) in [5, 5.41) is 12.6. The first kappa shape index (κ1) is 19.2. The first-order valence-corrected chi connectivity index (χ1v) is 8.25. The number of halogens is 3. The van der Waals surface area contributed by atoms with Crippen molar-refractivity contribution >= 4 is 11.4 Å². The lowest BCUT2D eigenvalue weighted by atomic mass is 10.1. The van der Waals surface area contributed by atoms with Crippen LogP contribution in [0.1, 0.15) is 11.1 Å². The van der Waals surface area contributed by atoms with Gasteiger partial charge in [-0.2, -0.15) is 18.2 Å². The highest BCUT2D eigenvalue weighted by atomic mass is 19.4. The summed E-state index contributed by atoms with van der Waals surface area (Å²) in [4.78, 5) is 16.6. The van der Waals surface area contributed by atoms with Gasteiger partial charge in [-0.15, -0.1) is 0 Å². The lowest BCUT2D eigenvalue weighted by Crippen LogP contribution is -2.27. The molecule has 0 aliphatic heterocycles. The van der Waals surface area contributed by atoms with Gasteiger partial charge in [-0.1, -0.05) is 42.5 Å². The van der Waals surface area contributed by atoms with Crippen molar-refractivity contribution in [3.8, 4) is 5.75 Å². The van der Waals surface area contributed by atoms with Crippen molar-refractivity contribution in [2.24, 2.45) is 0 Å². The van der Waals surface area contributed by atoms with Gasteiger partial charge in [-0.25, -0.2) is 0 Å². The maximum atomic E-state index is 13.0.